The van der Waals surface area contributed by atoms with Gasteiger partial charge in [-0.05, 0) is 73.3 Å². The van der Waals surface area contributed by atoms with Crippen LogP contribution in [0.15, 0.2) is 235 Å². The lowest BCUT2D eigenvalue weighted by atomic mass is 9.89. The molecule has 320 valence electrons. The Morgan fingerprint density at radius 1 is 0.246 bits per heavy atom. The minimum absolute atomic E-state index is 0.619. The number of hydrogen-bond acceptors (Lipinski definition) is 5. The van der Waals surface area contributed by atoms with Gasteiger partial charge in [-0.3, -0.25) is 0 Å². The van der Waals surface area contributed by atoms with Gasteiger partial charge in [-0.25, -0.2) is 19.9 Å². The van der Waals surface area contributed by atoms with Crippen LogP contribution in [0.25, 0.3) is 144 Å². The van der Waals surface area contributed by atoms with E-state index in [4.69, 9.17) is 24.4 Å². The van der Waals surface area contributed by atoms with Gasteiger partial charge in [0.25, 0.3) is 0 Å². The Morgan fingerprint density at radius 3 is 1.33 bits per heavy atom. The highest BCUT2D eigenvalue weighted by molar-refractivity contribution is 6.28. The Hall–Kier alpha value is -9.32. The summed E-state index contributed by atoms with van der Waals surface area (Å²) >= 11 is 0. The van der Waals surface area contributed by atoms with E-state index in [1.807, 2.05) is 30.3 Å². The van der Waals surface area contributed by atoms with Crippen molar-refractivity contribution in [2.45, 2.75) is 0 Å². The Bertz CT molecular complexity index is 4300. The van der Waals surface area contributed by atoms with Crippen LogP contribution in [0.3, 0.4) is 0 Å². The van der Waals surface area contributed by atoms with Crippen molar-refractivity contribution in [2.75, 3.05) is 0 Å². The van der Waals surface area contributed by atoms with Crippen LogP contribution in [0.4, 0.5) is 0 Å². The fourth-order valence-corrected chi connectivity index (χ4v) is 10.5. The molecular weight excluding hydrogens is 841 g/mol. The smallest absolute Gasteiger partial charge is 0.164 e. The molecule has 0 atom stereocenters. The van der Waals surface area contributed by atoms with E-state index in [2.05, 4.69) is 200 Å². The molecule has 0 spiro atoms. The maximum atomic E-state index is 6.64. The predicted octanol–water partition coefficient (Wildman–Crippen LogP) is 16.9. The molecule has 0 radical (unpaired) electrons. The van der Waals surface area contributed by atoms with Crippen LogP contribution in [0.2, 0.25) is 0 Å². The van der Waals surface area contributed by atoms with Crippen molar-refractivity contribution in [1.29, 1.82) is 0 Å². The number of para-hydroxylation sites is 2. The third kappa shape index (κ3) is 6.40. The number of benzene rings is 11. The molecule has 0 aliphatic heterocycles. The largest absolute Gasteiger partial charge is 0.456 e. The van der Waals surface area contributed by atoms with Crippen LogP contribution < -0.4 is 0 Å². The van der Waals surface area contributed by atoms with Gasteiger partial charge in [-0.2, -0.15) is 0 Å². The minimum Gasteiger partial charge on any atom is -0.456 e. The molecule has 5 nitrogen and oxygen atoms in total. The Morgan fingerprint density at radius 2 is 0.696 bits per heavy atom. The summed E-state index contributed by atoms with van der Waals surface area (Å²) in [6.07, 6.45) is 0. The molecule has 5 heteroatoms. The fraction of sp³-hybridized carbons (Fsp3) is 0. The lowest BCUT2D eigenvalue weighted by Crippen LogP contribution is -2.00. The zero-order chi connectivity index (χ0) is 45.4. The second-order valence-corrected chi connectivity index (χ2v) is 17.7. The summed E-state index contributed by atoms with van der Waals surface area (Å²) in [5.74, 6) is 1.88. The summed E-state index contributed by atoms with van der Waals surface area (Å²) < 4.78 is 6.64. The van der Waals surface area contributed by atoms with Crippen LogP contribution in [0.5, 0.6) is 0 Å². The van der Waals surface area contributed by atoms with Crippen LogP contribution in [0.1, 0.15) is 0 Å². The molecule has 0 bridgehead atoms. The van der Waals surface area contributed by atoms with E-state index < -0.39 is 0 Å². The first-order valence-electron chi connectivity index (χ1n) is 23.3. The van der Waals surface area contributed by atoms with Gasteiger partial charge < -0.3 is 4.42 Å². The second-order valence-electron chi connectivity index (χ2n) is 17.7. The van der Waals surface area contributed by atoms with E-state index in [0.29, 0.717) is 17.5 Å². The van der Waals surface area contributed by atoms with Crippen molar-refractivity contribution in [3.63, 3.8) is 0 Å². The van der Waals surface area contributed by atoms with Crippen molar-refractivity contribution in [3.8, 4) is 67.7 Å². The lowest BCUT2D eigenvalue weighted by molar-refractivity contribution is 0.669. The van der Waals surface area contributed by atoms with E-state index in [9.17, 15) is 0 Å². The molecule has 11 aromatic carbocycles. The molecule has 14 rings (SSSR count). The molecule has 0 saturated heterocycles. The summed E-state index contributed by atoms with van der Waals surface area (Å²) in [6, 6.07) is 81.0. The highest BCUT2D eigenvalue weighted by Crippen LogP contribution is 2.47. The van der Waals surface area contributed by atoms with Gasteiger partial charge in [-0.1, -0.05) is 206 Å². The Kier molecular flexibility index (Phi) is 8.83. The molecule has 3 heterocycles. The first-order valence-corrected chi connectivity index (χ1v) is 23.3. The number of aromatic nitrogens is 4. The number of rotatable bonds is 6. The van der Waals surface area contributed by atoms with E-state index in [1.54, 1.807) is 0 Å². The normalized spacial score (nSPS) is 11.8. The minimum atomic E-state index is 0.619. The van der Waals surface area contributed by atoms with Gasteiger partial charge in [0, 0.05) is 54.7 Å². The standard InChI is InChI=1S/C64H38N4O/c1-3-15-42(16-4-1)61-54-38-57-60(52-24-12-14-26-56(52)69-57)58(59(54)51-23-11-13-25-55(51)65-61)41-31-27-39(28-32-41)40-29-33-44(34-30-40)63-66-62(43-17-5-2-6-18-43)67-64(68-63)45-35-36-50-48-21-8-7-19-46(48)47-20-9-10-22-49(47)53(50)37-45/h1-38H. The van der Waals surface area contributed by atoms with E-state index in [0.717, 1.165) is 93.8 Å². The van der Waals surface area contributed by atoms with Gasteiger partial charge in [0.2, 0.25) is 0 Å². The SMILES string of the molecule is c1ccc(-c2nc(-c3ccc(-c4ccc(-c5c6c(cc7c(-c8ccccc8)nc8ccccc8c57)oc5ccccc56)cc4)cc3)nc(-c3ccc4c5ccccc5c5ccccc5c4c3)n2)cc1. The summed E-state index contributed by atoms with van der Waals surface area (Å²) in [5, 5.41) is 12.8. The number of hydrogen-bond donors (Lipinski definition) is 0. The third-order valence-corrected chi connectivity index (χ3v) is 13.7. The molecule has 0 aliphatic carbocycles. The monoisotopic (exact) mass is 878 g/mol. The highest BCUT2D eigenvalue weighted by Gasteiger charge is 2.22. The quantitative estimate of drug-likeness (QED) is 0.156. The van der Waals surface area contributed by atoms with Gasteiger partial charge >= 0.3 is 0 Å². The summed E-state index contributed by atoms with van der Waals surface area (Å²) in [6.45, 7) is 0. The maximum absolute atomic E-state index is 6.64. The summed E-state index contributed by atoms with van der Waals surface area (Å²) in [4.78, 5) is 20.6. The summed E-state index contributed by atoms with van der Waals surface area (Å²) in [5.41, 5.74) is 11.9. The van der Waals surface area contributed by atoms with Crippen molar-refractivity contribution < 1.29 is 4.42 Å². The molecular formula is C64H38N4O. The van der Waals surface area contributed by atoms with Crippen LogP contribution in [-0.2, 0) is 0 Å². The van der Waals surface area contributed by atoms with Crippen LogP contribution in [-0.4, -0.2) is 19.9 Å². The maximum Gasteiger partial charge on any atom is 0.164 e. The zero-order valence-corrected chi connectivity index (χ0v) is 37.1. The van der Waals surface area contributed by atoms with Gasteiger partial charge in [0.15, 0.2) is 17.5 Å². The number of furan rings is 1. The molecule has 0 amide bonds. The number of fused-ring (bicyclic) bond motifs is 12. The molecule has 3 aromatic heterocycles. The lowest BCUT2D eigenvalue weighted by Gasteiger charge is -2.16. The van der Waals surface area contributed by atoms with Gasteiger partial charge in [-0.15, -0.1) is 0 Å². The third-order valence-electron chi connectivity index (χ3n) is 13.7. The first kappa shape index (κ1) is 38.9. The number of pyridine rings is 1. The number of nitrogens with zero attached hydrogens (tertiary/aromatic N) is 4. The van der Waals surface area contributed by atoms with Crippen LogP contribution >= 0.6 is 0 Å². The van der Waals surface area contributed by atoms with E-state index in [1.165, 1.54) is 32.3 Å². The van der Waals surface area contributed by atoms with Gasteiger partial charge in [0.1, 0.15) is 11.2 Å². The van der Waals surface area contributed by atoms with Crippen LogP contribution in [0, 0.1) is 0 Å². The molecule has 14 aromatic rings. The van der Waals surface area contributed by atoms with Crippen molar-refractivity contribution in [3.05, 3.63) is 231 Å². The second kappa shape index (κ2) is 15.7. The van der Waals surface area contributed by atoms with Crippen molar-refractivity contribution in [2.24, 2.45) is 0 Å². The Labute approximate surface area is 396 Å². The van der Waals surface area contributed by atoms with E-state index in [-0.39, 0.29) is 0 Å². The molecule has 0 saturated carbocycles. The topological polar surface area (TPSA) is 64.7 Å². The predicted molar refractivity (Wildman–Crippen MR) is 285 cm³/mol. The van der Waals surface area contributed by atoms with Crippen molar-refractivity contribution >= 4 is 75.9 Å². The fourth-order valence-electron chi connectivity index (χ4n) is 10.5. The molecule has 0 fully saturated rings. The summed E-state index contributed by atoms with van der Waals surface area (Å²) in [7, 11) is 0. The first-order chi connectivity index (χ1) is 34.2. The molecule has 69 heavy (non-hydrogen) atoms. The Balaban J connectivity index is 0.882. The average Bonchev–Trinajstić information content (AvgIpc) is 3.81. The molecule has 0 unspecified atom stereocenters. The van der Waals surface area contributed by atoms with Crippen molar-refractivity contribution in [1.82, 2.24) is 19.9 Å². The average molecular weight is 879 g/mol. The molecule has 0 N–H and O–H groups in total. The highest BCUT2D eigenvalue weighted by atomic mass is 16.3. The zero-order valence-electron chi connectivity index (χ0n) is 37.1. The van der Waals surface area contributed by atoms with Gasteiger partial charge in [0.05, 0.1) is 11.2 Å². The molecule has 0 aliphatic rings. The van der Waals surface area contributed by atoms with E-state index >= 15 is 0 Å².